The van der Waals surface area contributed by atoms with Gasteiger partial charge in [-0.15, -0.1) is 11.8 Å². The molecule has 3 aromatic rings. The van der Waals surface area contributed by atoms with E-state index in [1.54, 1.807) is 31.4 Å². The van der Waals surface area contributed by atoms with Gasteiger partial charge in [-0.3, -0.25) is 9.59 Å². The Hall–Kier alpha value is -3.25. The zero-order valence-corrected chi connectivity index (χ0v) is 16.2. The van der Waals surface area contributed by atoms with Crippen LogP contribution in [-0.4, -0.2) is 24.7 Å². The van der Waals surface area contributed by atoms with E-state index in [1.165, 1.54) is 11.8 Å². The summed E-state index contributed by atoms with van der Waals surface area (Å²) in [6.07, 6.45) is 0. The van der Waals surface area contributed by atoms with Crippen molar-refractivity contribution in [2.45, 2.75) is 4.90 Å². The van der Waals surface area contributed by atoms with Crippen LogP contribution in [0.3, 0.4) is 0 Å². The Morgan fingerprint density at radius 3 is 2.25 bits per heavy atom. The normalized spacial score (nSPS) is 10.2. The summed E-state index contributed by atoms with van der Waals surface area (Å²) in [4.78, 5) is 25.9. The molecule has 28 heavy (non-hydrogen) atoms. The van der Waals surface area contributed by atoms with E-state index in [0.717, 1.165) is 10.6 Å². The second-order valence-corrected chi connectivity index (χ2v) is 6.93. The van der Waals surface area contributed by atoms with Gasteiger partial charge in [0.25, 0.3) is 5.91 Å². The van der Waals surface area contributed by atoms with Crippen molar-refractivity contribution in [3.8, 4) is 5.75 Å². The predicted molar refractivity (Wildman–Crippen MR) is 113 cm³/mol. The Bertz CT molecular complexity index is 944. The lowest BCUT2D eigenvalue weighted by Crippen LogP contribution is -2.19. The predicted octanol–water partition coefficient (Wildman–Crippen LogP) is 4.68. The van der Waals surface area contributed by atoms with Crippen molar-refractivity contribution in [1.82, 2.24) is 0 Å². The van der Waals surface area contributed by atoms with Gasteiger partial charge in [-0.2, -0.15) is 0 Å². The molecule has 0 aliphatic rings. The summed E-state index contributed by atoms with van der Waals surface area (Å²) in [5, 5.41) is 5.66. The number of thioether (sulfide) groups is 1. The molecule has 5 nitrogen and oxygen atoms in total. The van der Waals surface area contributed by atoms with Crippen molar-refractivity contribution in [1.29, 1.82) is 0 Å². The number of carbonyl (C=O) groups excluding carboxylic acids is 2. The van der Waals surface area contributed by atoms with Crippen LogP contribution in [0, 0.1) is 0 Å². The molecule has 0 atom stereocenters. The van der Waals surface area contributed by atoms with Crippen LogP contribution in [0.1, 0.15) is 10.4 Å². The summed E-state index contributed by atoms with van der Waals surface area (Å²) >= 11 is 1.42. The number of methoxy groups -OCH3 is 1. The third kappa shape index (κ3) is 5.37. The number of carbonyl (C=O) groups is 2. The first kappa shape index (κ1) is 19.5. The third-order valence-corrected chi connectivity index (χ3v) is 4.92. The summed E-state index contributed by atoms with van der Waals surface area (Å²) in [6, 6.07) is 23.6. The topological polar surface area (TPSA) is 67.4 Å². The maximum absolute atomic E-state index is 12.6. The second-order valence-electron chi connectivity index (χ2n) is 5.88. The SMILES string of the molecule is COc1ccc(SCC(=O)Nc2ccccc2C(=O)Nc2ccccc2)cc1. The molecule has 0 aliphatic heterocycles. The zero-order chi connectivity index (χ0) is 19.8. The average molecular weight is 392 g/mol. The number of para-hydroxylation sites is 2. The number of hydrogen-bond donors (Lipinski definition) is 2. The molecule has 0 unspecified atom stereocenters. The van der Waals surface area contributed by atoms with Gasteiger partial charge in [0.2, 0.25) is 5.91 Å². The number of anilines is 2. The van der Waals surface area contributed by atoms with E-state index in [0.29, 0.717) is 16.9 Å². The molecule has 0 fully saturated rings. The van der Waals surface area contributed by atoms with Crippen LogP contribution in [-0.2, 0) is 4.79 Å². The maximum atomic E-state index is 12.6. The molecule has 0 aromatic heterocycles. The van der Waals surface area contributed by atoms with Crippen LogP contribution in [0.5, 0.6) is 5.75 Å². The quantitative estimate of drug-likeness (QED) is 0.573. The fraction of sp³-hybridized carbons (Fsp3) is 0.0909. The van der Waals surface area contributed by atoms with Crippen LogP contribution in [0.25, 0.3) is 0 Å². The minimum Gasteiger partial charge on any atom is -0.497 e. The van der Waals surface area contributed by atoms with Crippen molar-refractivity contribution < 1.29 is 14.3 Å². The standard InChI is InChI=1S/C22H20N2O3S/c1-27-17-11-13-18(14-12-17)28-15-21(25)24-20-10-6-5-9-19(20)22(26)23-16-7-3-2-4-8-16/h2-14H,15H2,1H3,(H,23,26)(H,24,25). The van der Waals surface area contributed by atoms with E-state index in [1.807, 2.05) is 54.6 Å². The Morgan fingerprint density at radius 1 is 0.857 bits per heavy atom. The van der Waals surface area contributed by atoms with E-state index in [9.17, 15) is 9.59 Å². The molecule has 2 amide bonds. The van der Waals surface area contributed by atoms with Crippen molar-refractivity contribution in [3.63, 3.8) is 0 Å². The van der Waals surface area contributed by atoms with E-state index < -0.39 is 0 Å². The van der Waals surface area contributed by atoms with E-state index in [-0.39, 0.29) is 17.6 Å². The highest BCUT2D eigenvalue weighted by Gasteiger charge is 2.13. The number of rotatable bonds is 7. The van der Waals surface area contributed by atoms with Gasteiger partial charge in [-0.25, -0.2) is 0 Å². The first-order chi connectivity index (χ1) is 13.7. The van der Waals surface area contributed by atoms with Gasteiger partial charge in [0.1, 0.15) is 5.75 Å². The molecule has 142 valence electrons. The molecule has 0 spiro atoms. The number of nitrogens with one attached hydrogen (secondary N) is 2. The molecule has 3 rings (SSSR count). The monoisotopic (exact) mass is 392 g/mol. The average Bonchev–Trinajstić information content (AvgIpc) is 2.73. The van der Waals surface area contributed by atoms with Crippen LogP contribution < -0.4 is 15.4 Å². The summed E-state index contributed by atoms with van der Waals surface area (Å²) in [6.45, 7) is 0. The van der Waals surface area contributed by atoms with E-state index in [4.69, 9.17) is 4.74 Å². The summed E-state index contributed by atoms with van der Waals surface area (Å²) in [5.41, 5.74) is 1.59. The molecule has 3 aromatic carbocycles. The zero-order valence-electron chi connectivity index (χ0n) is 15.3. The second kappa shape index (κ2) is 9.62. The summed E-state index contributed by atoms with van der Waals surface area (Å²) in [7, 11) is 1.61. The molecule has 0 heterocycles. The Kier molecular flexibility index (Phi) is 6.70. The van der Waals surface area contributed by atoms with Crippen LogP contribution in [0.4, 0.5) is 11.4 Å². The first-order valence-corrected chi connectivity index (χ1v) is 9.66. The van der Waals surface area contributed by atoms with Gasteiger partial charge >= 0.3 is 0 Å². The largest absolute Gasteiger partial charge is 0.497 e. The molecule has 0 bridgehead atoms. The highest BCUT2D eigenvalue weighted by Crippen LogP contribution is 2.22. The maximum Gasteiger partial charge on any atom is 0.257 e. The van der Waals surface area contributed by atoms with Gasteiger partial charge in [0.05, 0.1) is 24.1 Å². The van der Waals surface area contributed by atoms with E-state index >= 15 is 0 Å². The van der Waals surface area contributed by atoms with Gasteiger partial charge < -0.3 is 15.4 Å². The lowest BCUT2D eigenvalue weighted by atomic mass is 10.1. The number of amides is 2. The third-order valence-electron chi connectivity index (χ3n) is 3.91. The lowest BCUT2D eigenvalue weighted by molar-refractivity contribution is -0.113. The molecule has 2 N–H and O–H groups in total. The fourth-order valence-electron chi connectivity index (χ4n) is 2.52. The molecule has 6 heteroatoms. The van der Waals surface area contributed by atoms with Crippen LogP contribution in [0.2, 0.25) is 0 Å². The van der Waals surface area contributed by atoms with Gasteiger partial charge in [-0.1, -0.05) is 30.3 Å². The summed E-state index contributed by atoms with van der Waals surface area (Å²) < 4.78 is 5.13. The molecular weight excluding hydrogens is 372 g/mol. The molecule has 0 saturated heterocycles. The summed E-state index contributed by atoms with van der Waals surface area (Å²) in [5.74, 6) is 0.555. The number of benzene rings is 3. The molecule has 0 aliphatic carbocycles. The number of hydrogen-bond acceptors (Lipinski definition) is 4. The molecule has 0 saturated carbocycles. The van der Waals surface area contributed by atoms with Crippen molar-refractivity contribution >= 4 is 35.0 Å². The van der Waals surface area contributed by atoms with Gasteiger partial charge in [-0.05, 0) is 48.5 Å². The lowest BCUT2D eigenvalue weighted by Gasteiger charge is -2.11. The minimum absolute atomic E-state index is 0.180. The first-order valence-electron chi connectivity index (χ1n) is 8.68. The van der Waals surface area contributed by atoms with Crippen molar-refractivity contribution in [2.24, 2.45) is 0 Å². The Balaban J connectivity index is 1.62. The van der Waals surface area contributed by atoms with Crippen LogP contribution in [0.15, 0.2) is 83.8 Å². The smallest absolute Gasteiger partial charge is 0.257 e. The molecule has 0 radical (unpaired) electrons. The number of ether oxygens (including phenoxy) is 1. The minimum atomic E-state index is -0.273. The van der Waals surface area contributed by atoms with E-state index in [2.05, 4.69) is 10.6 Å². The van der Waals surface area contributed by atoms with Crippen molar-refractivity contribution in [3.05, 3.63) is 84.4 Å². The van der Waals surface area contributed by atoms with Crippen LogP contribution >= 0.6 is 11.8 Å². The highest BCUT2D eigenvalue weighted by molar-refractivity contribution is 8.00. The Labute approximate surface area is 168 Å². The van der Waals surface area contributed by atoms with Gasteiger partial charge in [0, 0.05) is 10.6 Å². The molecular formula is C22H20N2O3S. The fourth-order valence-corrected chi connectivity index (χ4v) is 3.22. The Morgan fingerprint density at radius 2 is 1.54 bits per heavy atom. The van der Waals surface area contributed by atoms with Crippen molar-refractivity contribution in [2.75, 3.05) is 23.5 Å². The van der Waals surface area contributed by atoms with Gasteiger partial charge in [0.15, 0.2) is 0 Å². The highest BCUT2D eigenvalue weighted by atomic mass is 32.2.